The number of ether oxygens (including phenoxy) is 2. The fourth-order valence-electron chi connectivity index (χ4n) is 4.72. The van der Waals surface area contributed by atoms with Crippen LogP contribution in [0.15, 0.2) is 12.1 Å². The largest absolute Gasteiger partial charge is 0.454 e. The first-order chi connectivity index (χ1) is 11.6. The molecule has 0 bridgehead atoms. The topological polar surface area (TPSA) is 45.2 Å². The first-order valence-corrected chi connectivity index (χ1v) is 9.04. The second-order valence-corrected chi connectivity index (χ2v) is 7.74. The summed E-state index contributed by atoms with van der Waals surface area (Å²) in [5.74, 6) is 1.73. The van der Waals surface area contributed by atoms with Crippen LogP contribution >= 0.6 is 0 Å². The van der Waals surface area contributed by atoms with Gasteiger partial charge < -0.3 is 19.5 Å². The van der Waals surface area contributed by atoms with Crippen LogP contribution < -0.4 is 9.47 Å². The third-order valence-corrected chi connectivity index (χ3v) is 6.32. The summed E-state index contributed by atoms with van der Waals surface area (Å²) in [5, 5.41) is 10.0. The highest BCUT2D eigenvalue weighted by Gasteiger charge is 2.46. The molecule has 3 aliphatic heterocycles. The molecule has 2 atom stereocenters. The number of aliphatic hydroxyl groups excluding tert-OH is 1. The Labute approximate surface area is 144 Å². The van der Waals surface area contributed by atoms with Crippen LogP contribution in [0.2, 0.25) is 0 Å². The zero-order valence-electron chi connectivity index (χ0n) is 14.8. The minimum absolute atomic E-state index is 0.105. The number of benzene rings is 1. The van der Waals surface area contributed by atoms with E-state index in [1.807, 2.05) is 0 Å². The molecule has 0 saturated carbocycles. The van der Waals surface area contributed by atoms with Crippen LogP contribution in [0.5, 0.6) is 11.5 Å². The SMILES string of the molecule is Cc1cc2c(cc1CN1CC[C@@]3(CO)CCCN(C)[C@@H]3C1)OCO2. The van der Waals surface area contributed by atoms with Gasteiger partial charge in [0, 0.05) is 24.5 Å². The molecule has 132 valence electrons. The molecular formula is C19H28N2O3. The van der Waals surface area contributed by atoms with Crippen molar-refractivity contribution >= 4 is 0 Å². The van der Waals surface area contributed by atoms with Crippen LogP contribution in [0.1, 0.15) is 30.4 Å². The number of hydrogen-bond donors (Lipinski definition) is 1. The van der Waals surface area contributed by atoms with E-state index in [0.29, 0.717) is 19.4 Å². The van der Waals surface area contributed by atoms with Crippen molar-refractivity contribution in [2.45, 2.75) is 38.8 Å². The minimum atomic E-state index is 0.105. The number of hydrogen-bond acceptors (Lipinski definition) is 5. The van der Waals surface area contributed by atoms with Gasteiger partial charge in [0.2, 0.25) is 6.79 Å². The summed E-state index contributed by atoms with van der Waals surface area (Å²) in [6.07, 6.45) is 3.45. The molecule has 2 saturated heterocycles. The number of aliphatic hydroxyl groups is 1. The van der Waals surface area contributed by atoms with E-state index in [9.17, 15) is 5.11 Å². The normalized spacial score (nSPS) is 30.4. The third kappa shape index (κ3) is 2.68. The van der Waals surface area contributed by atoms with E-state index in [2.05, 4.69) is 35.9 Å². The van der Waals surface area contributed by atoms with E-state index in [1.165, 1.54) is 17.5 Å². The molecule has 1 aromatic rings. The summed E-state index contributed by atoms with van der Waals surface area (Å²) >= 11 is 0. The Morgan fingerprint density at radius 2 is 2.00 bits per heavy atom. The van der Waals surface area contributed by atoms with Crippen LogP contribution in [0.25, 0.3) is 0 Å². The average molecular weight is 332 g/mol. The number of likely N-dealkylation sites (tertiary alicyclic amines) is 2. The van der Waals surface area contributed by atoms with Gasteiger partial charge in [0.05, 0.1) is 6.61 Å². The fourth-order valence-corrected chi connectivity index (χ4v) is 4.72. The van der Waals surface area contributed by atoms with Crippen LogP contribution in [0.4, 0.5) is 0 Å². The zero-order valence-corrected chi connectivity index (χ0v) is 14.8. The van der Waals surface area contributed by atoms with Crippen LogP contribution in [0, 0.1) is 12.3 Å². The van der Waals surface area contributed by atoms with E-state index < -0.39 is 0 Å². The number of rotatable bonds is 3. The highest BCUT2D eigenvalue weighted by atomic mass is 16.7. The van der Waals surface area contributed by atoms with Crippen molar-refractivity contribution in [2.75, 3.05) is 40.1 Å². The van der Waals surface area contributed by atoms with Gasteiger partial charge >= 0.3 is 0 Å². The van der Waals surface area contributed by atoms with Crippen molar-refractivity contribution in [1.82, 2.24) is 9.80 Å². The lowest BCUT2D eigenvalue weighted by Crippen LogP contribution is -2.61. The fraction of sp³-hybridized carbons (Fsp3) is 0.684. The number of nitrogens with zero attached hydrogens (tertiary/aromatic N) is 2. The monoisotopic (exact) mass is 332 g/mol. The van der Waals surface area contributed by atoms with Gasteiger partial charge in [-0.25, -0.2) is 0 Å². The van der Waals surface area contributed by atoms with Gasteiger partial charge in [0.1, 0.15) is 0 Å². The number of aryl methyl sites for hydroxylation is 1. The maximum Gasteiger partial charge on any atom is 0.231 e. The van der Waals surface area contributed by atoms with Crippen LogP contribution in [-0.4, -0.2) is 61.0 Å². The molecule has 3 aliphatic rings. The second kappa shape index (κ2) is 6.21. The molecule has 0 radical (unpaired) electrons. The van der Waals surface area contributed by atoms with Gasteiger partial charge in [-0.15, -0.1) is 0 Å². The Balaban J connectivity index is 1.51. The summed E-state index contributed by atoms with van der Waals surface area (Å²) in [7, 11) is 2.21. The lowest BCUT2D eigenvalue weighted by molar-refractivity contribution is -0.0685. The Kier molecular flexibility index (Phi) is 4.19. The molecule has 0 unspecified atom stereocenters. The highest BCUT2D eigenvalue weighted by Crippen LogP contribution is 2.42. The molecule has 0 amide bonds. The Morgan fingerprint density at radius 1 is 1.21 bits per heavy atom. The predicted octanol–water partition coefficient (Wildman–Crippen LogP) is 2.00. The number of fused-ring (bicyclic) bond motifs is 2. The average Bonchev–Trinajstić information content (AvgIpc) is 3.03. The maximum atomic E-state index is 10.0. The highest BCUT2D eigenvalue weighted by molar-refractivity contribution is 5.48. The summed E-state index contributed by atoms with van der Waals surface area (Å²) in [4.78, 5) is 4.99. The molecule has 5 heteroatoms. The quantitative estimate of drug-likeness (QED) is 0.917. The van der Waals surface area contributed by atoms with Crippen molar-refractivity contribution in [3.05, 3.63) is 23.3 Å². The standard InChI is InChI=1S/C19H28N2O3/c1-14-8-16-17(24-13-23-16)9-15(14)10-21-7-5-19(12-22)4-3-6-20(2)18(19)11-21/h8-9,18,22H,3-7,10-13H2,1-2H3/t18-,19-/m1/s1. The van der Waals surface area contributed by atoms with E-state index in [-0.39, 0.29) is 5.41 Å². The van der Waals surface area contributed by atoms with E-state index >= 15 is 0 Å². The Bertz CT molecular complexity index is 621. The Hall–Kier alpha value is -1.30. The molecule has 0 aromatic heterocycles. The molecule has 1 N–H and O–H groups in total. The molecular weight excluding hydrogens is 304 g/mol. The van der Waals surface area contributed by atoms with Crippen molar-refractivity contribution < 1.29 is 14.6 Å². The zero-order chi connectivity index (χ0) is 16.7. The van der Waals surface area contributed by atoms with Gasteiger partial charge in [-0.2, -0.15) is 0 Å². The van der Waals surface area contributed by atoms with Crippen LogP contribution in [-0.2, 0) is 6.54 Å². The summed E-state index contributed by atoms with van der Waals surface area (Å²) < 4.78 is 11.0. The lowest BCUT2D eigenvalue weighted by atomic mass is 9.69. The molecule has 2 fully saturated rings. The third-order valence-electron chi connectivity index (χ3n) is 6.32. The second-order valence-electron chi connectivity index (χ2n) is 7.74. The van der Waals surface area contributed by atoms with Gasteiger partial charge in [-0.1, -0.05) is 0 Å². The molecule has 5 nitrogen and oxygen atoms in total. The van der Waals surface area contributed by atoms with Crippen molar-refractivity contribution in [3.8, 4) is 11.5 Å². The molecule has 3 heterocycles. The summed E-state index contributed by atoms with van der Waals surface area (Å²) in [6.45, 7) is 6.96. The molecule has 4 rings (SSSR count). The van der Waals surface area contributed by atoms with Gasteiger partial charge in [-0.3, -0.25) is 4.90 Å². The molecule has 1 aromatic carbocycles. The van der Waals surface area contributed by atoms with E-state index in [1.54, 1.807) is 0 Å². The van der Waals surface area contributed by atoms with Crippen molar-refractivity contribution in [2.24, 2.45) is 5.41 Å². The lowest BCUT2D eigenvalue weighted by Gasteiger charge is -2.53. The maximum absolute atomic E-state index is 10.0. The molecule has 24 heavy (non-hydrogen) atoms. The molecule has 0 spiro atoms. The number of likely N-dealkylation sites (N-methyl/N-ethyl adjacent to an activating group) is 1. The first-order valence-electron chi connectivity index (χ1n) is 9.04. The van der Waals surface area contributed by atoms with Gasteiger partial charge in [0.25, 0.3) is 0 Å². The minimum Gasteiger partial charge on any atom is -0.454 e. The smallest absolute Gasteiger partial charge is 0.231 e. The van der Waals surface area contributed by atoms with Crippen molar-refractivity contribution in [1.29, 1.82) is 0 Å². The van der Waals surface area contributed by atoms with Crippen LogP contribution in [0.3, 0.4) is 0 Å². The predicted molar refractivity (Wildman–Crippen MR) is 92.4 cm³/mol. The molecule has 0 aliphatic carbocycles. The van der Waals surface area contributed by atoms with E-state index in [0.717, 1.165) is 50.5 Å². The first kappa shape index (κ1) is 16.2. The summed E-state index contributed by atoms with van der Waals surface area (Å²) in [5.41, 5.74) is 2.68. The Morgan fingerprint density at radius 3 is 2.79 bits per heavy atom. The van der Waals surface area contributed by atoms with Gasteiger partial charge in [-0.05, 0) is 69.6 Å². The summed E-state index contributed by atoms with van der Waals surface area (Å²) in [6, 6.07) is 4.68. The van der Waals surface area contributed by atoms with Gasteiger partial charge in [0.15, 0.2) is 11.5 Å². The van der Waals surface area contributed by atoms with E-state index in [4.69, 9.17) is 9.47 Å². The number of piperidine rings is 2. The van der Waals surface area contributed by atoms with Crippen molar-refractivity contribution in [3.63, 3.8) is 0 Å².